The molecule has 1 aliphatic heterocycles. The van der Waals surface area contributed by atoms with E-state index in [2.05, 4.69) is 21.8 Å². The molecule has 5 rings (SSSR count). The van der Waals surface area contributed by atoms with Gasteiger partial charge in [0.05, 0.1) is 11.8 Å². The Hall–Kier alpha value is -3.39. The third-order valence-corrected chi connectivity index (χ3v) is 6.99. The van der Waals surface area contributed by atoms with Gasteiger partial charge >= 0.3 is 0 Å². The van der Waals surface area contributed by atoms with E-state index in [0.717, 1.165) is 29.7 Å². The van der Waals surface area contributed by atoms with Crippen molar-refractivity contribution in [3.63, 3.8) is 0 Å². The molecule has 3 aromatic rings. The zero-order valence-corrected chi connectivity index (χ0v) is 20.5. The van der Waals surface area contributed by atoms with Gasteiger partial charge in [0.2, 0.25) is 23.2 Å². The summed E-state index contributed by atoms with van der Waals surface area (Å²) in [4.78, 5) is 19.7. The Morgan fingerprint density at radius 1 is 1.20 bits per heavy atom. The lowest BCUT2D eigenvalue weighted by molar-refractivity contribution is -0.120. The zero-order valence-electron chi connectivity index (χ0n) is 19.7. The van der Waals surface area contributed by atoms with Crippen LogP contribution in [0.5, 0.6) is 11.6 Å². The molecule has 180 valence electrons. The molecule has 2 aromatic carbocycles. The van der Waals surface area contributed by atoms with Crippen LogP contribution in [0.25, 0.3) is 11.3 Å². The maximum absolute atomic E-state index is 13.3. The second kappa shape index (κ2) is 10.5. The number of rotatable bonds is 7. The number of nitrogens with zero attached hydrogens (tertiary/aromatic N) is 4. The van der Waals surface area contributed by atoms with E-state index in [9.17, 15) is 4.79 Å². The molecule has 0 saturated heterocycles. The molecule has 1 atom stereocenters. The molecule has 7 nitrogen and oxygen atoms in total. The van der Waals surface area contributed by atoms with Crippen LogP contribution in [0.15, 0.2) is 66.3 Å². The van der Waals surface area contributed by atoms with Crippen LogP contribution >= 0.6 is 11.8 Å². The van der Waals surface area contributed by atoms with Crippen molar-refractivity contribution in [2.75, 3.05) is 10.7 Å². The van der Waals surface area contributed by atoms with Crippen LogP contribution in [-0.4, -0.2) is 32.9 Å². The Kier molecular flexibility index (Phi) is 6.99. The first-order valence-corrected chi connectivity index (χ1v) is 13.0. The minimum absolute atomic E-state index is 0.0633. The summed E-state index contributed by atoms with van der Waals surface area (Å²) in [6.45, 7) is 5.61. The molecule has 1 aromatic heterocycles. The minimum Gasteiger partial charge on any atom is -0.490 e. The van der Waals surface area contributed by atoms with Crippen LogP contribution in [0.2, 0.25) is 0 Å². The average Bonchev–Trinajstić information content (AvgIpc) is 3.35. The molecule has 8 heteroatoms. The number of para-hydroxylation sites is 1. The van der Waals surface area contributed by atoms with Gasteiger partial charge in [0.25, 0.3) is 0 Å². The number of amides is 1. The van der Waals surface area contributed by atoms with E-state index in [4.69, 9.17) is 9.47 Å². The summed E-state index contributed by atoms with van der Waals surface area (Å²) in [6.07, 6.45) is 6.14. The van der Waals surface area contributed by atoms with E-state index in [1.807, 2.05) is 55.5 Å². The van der Waals surface area contributed by atoms with E-state index in [-0.39, 0.29) is 12.0 Å². The van der Waals surface area contributed by atoms with Gasteiger partial charge in [-0.15, -0.1) is 16.8 Å². The molecular weight excluding hydrogens is 460 g/mol. The number of carbonyl (C=O) groups excluding carboxylic acids is 1. The van der Waals surface area contributed by atoms with Crippen LogP contribution in [0.4, 0.5) is 5.69 Å². The summed E-state index contributed by atoms with van der Waals surface area (Å²) in [7, 11) is 0. The fraction of sp³-hybridized carbons (Fsp3) is 0.333. The molecule has 1 saturated carbocycles. The normalized spacial score (nSPS) is 17.2. The molecule has 1 amide bonds. The van der Waals surface area contributed by atoms with Crippen LogP contribution < -0.4 is 14.4 Å². The lowest BCUT2D eigenvalue weighted by atomic mass is 10.1. The van der Waals surface area contributed by atoms with Crippen molar-refractivity contribution in [3.8, 4) is 22.9 Å². The lowest BCUT2D eigenvalue weighted by Crippen LogP contribution is -2.37. The minimum atomic E-state index is -0.731. The first-order chi connectivity index (χ1) is 17.2. The summed E-state index contributed by atoms with van der Waals surface area (Å²) in [6, 6.07) is 15.5. The van der Waals surface area contributed by atoms with E-state index >= 15 is 0 Å². The monoisotopic (exact) mass is 488 g/mol. The maximum Gasteiger partial charge on any atom is 0.247 e. The van der Waals surface area contributed by atoms with Gasteiger partial charge in [-0.05, 0) is 43.9 Å². The fourth-order valence-electron chi connectivity index (χ4n) is 4.50. The van der Waals surface area contributed by atoms with Gasteiger partial charge < -0.3 is 9.47 Å². The van der Waals surface area contributed by atoms with Crippen molar-refractivity contribution in [1.82, 2.24) is 15.2 Å². The first kappa shape index (κ1) is 23.4. The van der Waals surface area contributed by atoms with Gasteiger partial charge in [0.1, 0.15) is 5.75 Å². The van der Waals surface area contributed by atoms with Crippen LogP contribution in [-0.2, 0) is 4.79 Å². The number of anilines is 1. The van der Waals surface area contributed by atoms with E-state index in [1.165, 1.54) is 24.6 Å². The highest BCUT2D eigenvalue weighted by atomic mass is 32.2. The molecule has 1 unspecified atom stereocenters. The number of hydrogen-bond donors (Lipinski definition) is 0. The molecular formula is C27H28N4O3S. The number of carbonyl (C=O) groups is 1. The zero-order chi connectivity index (χ0) is 24.2. The van der Waals surface area contributed by atoms with Crippen molar-refractivity contribution in [3.05, 3.63) is 66.7 Å². The molecule has 1 fully saturated rings. The highest BCUT2D eigenvalue weighted by molar-refractivity contribution is 7.99. The van der Waals surface area contributed by atoms with E-state index in [1.54, 1.807) is 11.0 Å². The summed E-state index contributed by atoms with van der Waals surface area (Å²) in [5.74, 6) is 1.72. The van der Waals surface area contributed by atoms with Crippen LogP contribution in [0.1, 0.15) is 50.8 Å². The highest BCUT2D eigenvalue weighted by Gasteiger charge is 2.35. The third kappa shape index (κ3) is 4.89. The van der Waals surface area contributed by atoms with E-state index in [0.29, 0.717) is 34.6 Å². The van der Waals surface area contributed by atoms with Crippen molar-refractivity contribution < 1.29 is 14.3 Å². The third-order valence-electron chi connectivity index (χ3n) is 6.16. The van der Waals surface area contributed by atoms with Crippen molar-refractivity contribution in [1.29, 1.82) is 0 Å². The second-order valence-corrected chi connectivity index (χ2v) is 9.54. The Bertz CT molecular complexity index is 1230. The summed E-state index contributed by atoms with van der Waals surface area (Å²) in [5, 5.41) is 9.23. The topological polar surface area (TPSA) is 77.4 Å². The number of hydrogen-bond acceptors (Lipinski definition) is 7. The summed E-state index contributed by atoms with van der Waals surface area (Å²) < 4.78 is 12.8. The molecule has 2 aliphatic rings. The smallest absolute Gasteiger partial charge is 0.247 e. The largest absolute Gasteiger partial charge is 0.490 e. The van der Waals surface area contributed by atoms with Gasteiger partial charge in [-0.2, -0.15) is 4.98 Å². The average molecular weight is 489 g/mol. The van der Waals surface area contributed by atoms with Crippen molar-refractivity contribution >= 4 is 23.4 Å². The molecule has 0 radical (unpaired) electrons. The van der Waals surface area contributed by atoms with Crippen LogP contribution in [0, 0.1) is 0 Å². The van der Waals surface area contributed by atoms with Gasteiger partial charge in [-0.3, -0.25) is 9.69 Å². The number of aromatic nitrogens is 3. The fourth-order valence-corrected chi connectivity index (χ4v) is 5.02. The van der Waals surface area contributed by atoms with Gasteiger partial charge in [0.15, 0.2) is 5.69 Å². The molecule has 1 aliphatic carbocycles. The Balaban J connectivity index is 1.61. The number of thioether (sulfide) groups is 1. The van der Waals surface area contributed by atoms with Crippen LogP contribution in [0.3, 0.4) is 0 Å². The number of ether oxygens (including phenoxy) is 2. The predicted molar refractivity (Wildman–Crippen MR) is 137 cm³/mol. The van der Waals surface area contributed by atoms with Crippen molar-refractivity contribution in [2.45, 2.75) is 56.5 Å². The van der Waals surface area contributed by atoms with Gasteiger partial charge in [-0.1, -0.05) is 55.1 Å². The Labute approximate surface area is 209 Å². The molecule has 0 spiro atoms. The molecule has 0 bridgehead atoms. The molecule has 35 heavy (non-hydrogen) atoms. The van der Waals surface area contributed by atoms with Crippen molar-refractivity contribution in [2.24, 2.45) is 0 Å². The first-order valence-electron chi connectivity index (χ1n) is 12.0. The Morgan fingerprint density at radius 3 is 2.83 bits per heavy atom. The highest BCUT2D eigenvalue weighted by Crippen LogP contribution is 2.44. The van der Waals surface area contributed by atoms with Gasteiger partial charge in [0, 0.05) is 23.3 Å². The number of fused-ring (bicyclic) bond motifs is 3. The standard InChI is InChI=1S/C27H28N4O3S/c1-3-16-35-27-28-25-24(29-30-27)21-14-7-8-15-22(21)31(23(32)4-2)26(34-25)18-10-9-13-20(17-18)33-19-11-5-6-12-19/h3,7-10,13-15,17,19,26H,1,4-6,11-12,16H2,2H3. The summed E-state index contributed by atoms with van der Waals surface area (Å²) in [5.41, 5.74) is 2.79. The maximum atomic E-state index is 13.3. The quantitative estimate of drug-likeness (QED) is 0.299. The van der Waals surface area contributed by atoms with E-state index < -0.39 is 6.23 Å². The predicted octanol–water partition coefficient (Wildman–Crippen LogP) is 5.97. The SMILES string of the molecule is C=CCSc1nnc2c(n1)OC(c1cccc(OC3CCCC3)c1)N(C(=O)CC)c1ccccc1-2. The molecule has 2 heterocycles. The Morgan fingerprint density at radius 2 is 2.03 bits per heavy atom. The summed E-state index contributed by atoms with van der Waals surface area (Å²) >= 11 is 1.43. The van der Waals surface area contributed by atoms with Gasteiger partial charge in [-0.25, -0.2) is 0 Å². The molecule has 0 N–H and O–H groups in total. The lowest BCUT2D eigenvalue weighted by Gasteiger charge is -2.31. The number of benzene rings is 2. The second-order valence-electron chi connectivity index (χ2n) is 8.55.